The van der Waals surface area contributed by atoms with Gasteiger partial charge in [-0.2, -0.15) is 0 Å². The molecule has 1 N–H and O–H groups in total. The topological polar surface area (TPSA) is 37.3 Å². The summed E-state index contributed by atoms with van der Waals surface area (Å²) in [5.74, 6) is 0.274. The lowest BCUT2D eigenvalue weighted by molar-refractivity contribution is -0.125. The molecule has 1 aromatic carbocycles. The molecule has 0 radical (unpaired) electrons. The van der Waals surface area contributed by atoms with Crippen LogP contribution in [0.15, 0.2) is 24.3 Å². The summed E-state index contributed by atoms with van der Waals surface area (Å²) in [6, 6.07) is 8.09. The molecular formula is C14H18O2. The first-order valence-electron chi connectivity index (χ1n) is 5.97. The monoisotopic (exact) mass is 218 g/mol. The molecule has 16 heavy (non-hydrogen) atoms. The molecule has 86 valence electrons. The minimum absolute atomic E-state index is 0.274. The van der Waals surface area contributed by atoms with Gasteiger partial charge in [-0.25, -0.2) is 0 Å². The van der Waals surface area contributed by atoms with Crippen LogP contribution in [0.2, 0.25) is 0 Å². The summed E-state index contributed by atoms with van der Waals surface area (Å²) < 4.78 is 0. The Morgan fingerprint density at radius 1 is 1.31 bits per heavy atom. The summed E-state index contributed by atoms with van der Waals surface area (Å²) in [6.07, 6.45) is 3.13. The van der Waals surface area contributed by atoms with E-state index in [1.165, 1.54) is 5.56 Å². The van der Waals surface area contributed by atoms with E-state index < -0.39 is 5.60 Å². The molecule has 1 fully saturated rings. The van der Waals surface area contributed by atoms with Gasteiger partial charge in [0.1, 0.15) is 5.78 Å². The molecule has 0 unspecified atom stereocenters. The van der Waals surface area contributed by atoms with Crippen molar-refractivity contribution < 1.29 is 9.90 Å². The van der Waals surface area contributed by atoms with Gasteiger partial charge >= 0.3 is 0 Å². The fourth-order valence-corrected chi connectivity index (χ4v) is 2.31. The van der Waals surface area contributed by atoms with Crippen molar-refractivity contribution in [3.63, 3.8) is 0 Å². The first-order chi connectivity index (χ1) is 7.64. The number of aliphatic hydroxyl groups is 1. The van der Waals surface area contributed by atoms with Crippen LogP contribution in [-0.4, -0.2) is 10.9 Å². The summed E-state index contributed by atoms with van der Waals surface area (Å²) in [5, 5.41) is 10.5. The predicted octanol–water partition coefficient (Wildman–Crippen LogP) is 2.58. The third kappa shape index (κ3) is 2.17. The fraction of sp³-hybridized carbons (Fsp3) is 0.500. The lowest BCUT2D eigenvalue weighted by Crippen LogP contribution is -2.31. The van der Waals surface area contributed by atoms with E-state index in [0.29, 0.717) is 25.7 Å². The second kappa shape index (κ2) is 4.38. The smallest absolute Gasteiger partial charge is 0.133 e. The van der Waals surface area contributed by atoms with E-state index in [-0.39, 0.29) is 5.78 Å². The number of carbonyl (C=O) groups excluding carboxylic acids is 1. The third-order valence-corrected chi connectivity index (χ3v) is 3.51. The van der Waals surface area contributed by atoms with Crippen LogP contribution in [0.5, 0.6) is 0 Å². The van der Waals surface area contributed by atoms with Gasteiger partial charge in [-0.3, -0.25) is 4.79 Å². The highest BCUT2D eigenvalue weighted by Crippen LogP contribution is 2.35. The molecule has 2 heteroatoms. The van der Waals surface area contributed by atoms with Gasteiger partial charge < -0.3 is 5.11 Å². The van der Waals surface area contributed by atoms with Gasteiger partial charge in [-0.1, -0.05) is 31.2 Å². The van der Waals surface area contributed by atoms with Gasteiger partial charge in [-0.15, -0.1) is 0 Å². The maximum atomic E-state index is 11.2. The van der Waals surface area contributed by atoms with E-state index in [9.17, 15) is 9.90 Å². The normalized spacial score (nSPS) is 19.8. The van der Waals surface area contributed by atoms with Crippen molar-refractivity contribution in [1.29, 1.82) is 0 Å². The van der Waals surface area contributed by atoms with Crippen LogP contribution in [0.25, 0.3) is 0 Å². The molecule has 2 nitrogen and oxygen atoms in total. The number of hydrogen-bond donors (Lipinski definition) is 1. The summed E-state index contributed by atoms with van der Waals surface area (Å²) in [7, 11) is 0. The molecule has 0 saturated heterocycles. The van der Waals surface area contributed by atoms with Crippen LogP contribution in [-0.2, 0) is 16.8 Å². The van der Waals surface area contributed by atoms with Crippen molar-refractivity contribution in [2.24, 2.45) is 0 Å². The quantitative estimate of drug-likeness (QED) is 0.828. The fourth-order valence-electron chi connectivity index (χ4n) is 2.31. The van der Waals surface area contributed by atoms with Crippen molar-refractivity contribution >= 4 is 5.78 Å². The first-order valence-corrected chi connectivity index (χ1v) is 5.97. The van der Waals surface area contributed by atoms with Gasteiger partial charge in [0.25, 0.3) is 0 Å². The number of Topliss-reactive ketones (excluding diaryl/α,β-unsaturated/α-hetero) is 1. The molecule has 0 aliphatic heterocycles. The molecule has 0 amide bonds. The maximum Gasteiger partial charge on any atom is 0.133 e. The third-order valence-electron chi connectivity index (χ3n) is 3.51. The van der Waals surface area contributed by atoms with Gasteiger partial charge in [-0.05, 0) is 30.4 Å². The second-order valence-corrected chi connectivity index (χ2v) is 4.62. The highest BCUT2D eigenvalue weighted by atomic mass is 16.3. The van der Waals surface area contributed by atoms with Crippen molar-refractivity contribution in [2.45, 2.75) is 44.6 Å². The SMILES string of the molecule is CCc1cccc(C2(O)CCC(=O)CC2)c1. The Morgan fingerprint density at radius 2 is 2.00 bits per heavy atom. The Hall–Kier alpha value is -1.15. The molecule has 1 aromatic rings. The Labute approximate surface area is 96.3 Å². The number of benzene rings is 1. The molecular weight excluding hydrogens is 200 g/mol. The van der Waals surface area contributed by atoms with Gasteiger partial charge in [0.2, 0.25) is 0 Å². The zero-order valence-corrected chi connectivity index (χ0v) is 9.70. The van der Waals surface area contributed by atoms with E-state index >= 15 is 0 Å². The Morgan fingerprint density at radius 3 is 2.62 bits per heavy atom. The Bertz CT molecular complexity index is 385. The maximum absolute atomic E-state index is 11.2. The molecule has 0 aromatic heterocycles. The average molecular weight is 218 g/mol. The Balaban J connectivity index is 2.25. The van der Waals surface area contributed by atoms with E-state index in [1.54, 1.807) is 0 Å². The molecule has 0 heterocycles. The van der Waals surface area contributed by atoms with Crippen molar-refractivity contribution in [2.75, 3.05) is 0 Å². The number of rotatable bonds is 2. The number of hydrogen-bond acceptors (Lipinski definition) is 2. The van der Waals surface area contributed by atoms with Crippen LogP contribution in [0, 0.1) is 0 Å². The minimum atomic E-state index is -0.779. The molecule has 2 rings (SSSR count). The van der Waals surface area contributed by atoms with Crippen LogP contribution in [0.3, 0.4) is 0 Å². The zero-order valence-electron chi connectivity index (χ0n) is 9.70. The number of aryl methyl sites for hydroxylation is 1. The van der Waals surface area contributed by atoms with Crippen LogP contribution < -0.4 is 0 Å². The molecule has 0 spiro atoms. The first kappa shape index (κ1) is 11.3. The summed E-state index contributed by atoms with van der Waals surface area (Å²) in [4.78, 5) is 11.2. The van der Waals surface area contributed by atoms with Gasteiger partial charge in [0.15, 0.2) is 0 Å². The highest BCUT2D eigenvalue weighted by molar-refractivity contribution is 5.79. The predicted molar refractivity (Wildman–Crippen MR) is 63.2 cm³/mol. The largest absolute Gasteiger partial charge is 0.385 e. The highest BCUT2D eigenvalue weighted by Gasteiger charge is 2.33. The molecule has 1 aliphatic carbocycles. The molecule has 1 saturated carbocycles. The van der Waals surface area contributed by atoms with Gasteiger partial charge in [0, 0.05) is 12.8 Å². The number of carbonyl (C=O) groups is 1. The van der Waals surface area contributed by atoms with Crippen molar-refractivity contribution in [1.82, 2.24) is 0 Å². The molecule has 1 aliphatic rings. The second-order valence-electron chi connectivity index (χ2n) is 4.62. The molecule has 0 atom stereocenters. The summed E-state index contributed by atoms with van der Waals surface area (Å²) >= 11 is 0. The number of ketones is 1. The van der Waals surface area contributed by atoms with E-state index in [4.69, 9.17) is 0 Å². The van der Waals surface area contributed by atoms with E-state index in [1.807, 2.05) is 12.1 Å². The zero-order chi connectivity index (χ0) is 11.6. The summed E-state index contributed by atoms with van der Waals surface area (Å²) in [6.45, 7) is 2.10. The van der Waals surface area contributed by atoms with E-state index in [0.717, 1.165) is 12.0 Å². The van der Waals surface area contributed by atoms with Crippen molar-refractivity contribution in [3.05, 3.63) is 35.4 Å². The van der Waals surface area contributed by atoms with Crippen LogP contribution in [0.4, 0.5) is 0 Å². The standard InChI is InChI=1S/C14H18O2/c1-2-11-4-3-5-12(10-11)14(16)8-6-13(15)7-9-14/h3-5,10,16H,2,6-9H2,1H3. The summed E-state index contributed by atoms with van der Waals surface area (Å²) in [5.41, 5.74) is 1.43. The minimum Gasteiger partial charge on any atom is -0.385 e. The van der Waals surface area contributed by atoms with Gasteiger partial charge in [0.05, 0.1) is 5.60 Å². The lowest BCUT2D eigenvalue weighted by Gasteiger charge is -2.32. The van der Waals surface area contributed by atoms with E-state index in [2.05, 4.69) is 19.1 Å². The van der Waals surface area contributed by atoms with Crippen LogP contribution in [0.1, 0.15) is 43.7 Å². The Kier molecular flexibility index (Phi) is 3.10. The van der Waals surface area contributed by atoms with Crippen molar-refractivity contribution in [3.8, 4) is 0 Å². The molecule has 0 bridgehead atoms. The van der Waals surface area contributed by atoms with Crippen LogP contribution >= 0.6 is 0 Å². The average Bonchev–Trinajstić information content (AvgIpc) is 2.33. The lowest BCUT2D eigenvalue weighted by atomic mass is 9.79.